The molecule has 2 heterocycles. The van der Waals surface area contributed by atoms with Crippen LogP contribution >= 0.6 is 0 Å². The van der Waals surface area contributed by atoms with Gasteiger partial charge in [-0.2, -0.15) is 0 Å². The molecule has 0 spiro atoms. The molecule has 6 heteroatoms. The number of aryl methyl sites for hydroxylation is 1. The van der Waals surface area contributed by atoms with E-state index < -0.39 is 0 Å². The second-order valence-electron chi connectivity index (χ2n) is 7.48. The minimum atomic E-state index is -0.0487. The molecule has 0 bridgehead atoms. The molecular weight excluding hydrogens is 354 g/mol. The average molecular weight is 375 g/mol. The summed E-state index contributed by atoms with van der Waals surface area (Å²) < 4.78 is 7.30. The summed E-state index contributed by atoms with van der Waals surface area (Å²) in [6.45, 7) is 1.15. The van der Waals surface area contributed by atoms with Gasteiger partial charge in [0.05, 0.1) is 18.1 Å². The van der Waals surface area contributed by atoms with Crippen molar-refractivity contribution in [2.75, 3.05) is 7.11 Å². The Morgan fingerprint density at radius 1 is 1.25 bits per heavy atom. The molecule has 0 saturated heterocycles. The van der Waals surface area contributed by atoms with Crippen LogP contribution < -0.4 is 10.1 Å². The fourth-order valence-electron chi connectivity index (χ4n) is 4.12. The highest BCUT2D eigenvalue weighted by Gasteiger charge is 2.47. The maximum Gasteiger partial charge on any atom is 0.224 e. The number of Topliss-reactive ketones (excluding diaryl/α,β-unsaturated/α-hetero) is 1. The van der Waals surface area contributed by atoms with E-state index >= 15 is 0 Å². The molecule has 2 aliphatic rings. The Hall–Kier alpha value is -3.15. The summed E-state index contributed by atoms with van der Waals surface area (Å²) in [7, 11) is 1.63. The Morgan fingerprint density at radius 2 is 2.07 bits per heavy atom. The van der Waals surface area contributed by atoms with E-state index in [1.54, 1.807) is 7.11 Å². The number of nitrogens with zero attached hydrogens (tertiary/aromatic N) is 2. The number of methoxy groups -OCH3 is 1. The lowest BCUT2D eigenvalue weighted by atomic mass is 10.0. The minimum absolute atomic E-state index is 0.0487. The van der Waals surface area contributed by atoms with E-state index in [1.165, 1.54) is 0 Å². The van der Waals surface area contributed by atoms with Gasteiger partial charge in [-0.15, -0.1) is 0 Å². The van der Waals surface area contributed by atoms with Gasteiger partial charge in [-0.1, -0.05) is 18.2 Å². The van der Waals surface area contributed by atoms with Gasteiger partial charge in [-0.25, -0.2) is 4.98 Å². The zero-order valence-corrected chi connectivity index (χ0v) is 15.6. The molecule has 1 fully saturated rings. The zero-order chi connectivity index (χ0) is 19.3. The van der Waals surface area contributed by atoms with E-state index in [-0.39, 0.29) is 23.5 Å². The van der Waals surface area contributed by atoms with Crippen molar-refractivity contribution in [1.82, 2.24) is 14.9 Å². The predicted molar refractivity (Wildman–Crippen MR) is 104 cm³/mol. The third-order valence-electron chi connectivity index (χ3n) is 5.74. The molecule has 5 rings (SSSR count). The van der Waals surface area contributed by atoms with Gasteiger partial charge in [0.2, 0.25) is 5.91 Å². The summed E-state index contributed by atoms with van der Waals surface area (Å²) in [4.78, 5) is 29.6. The Labute approximate surface area is 162 Å². The van der Waals surface area contributed by atoms with E-state index in [0.29, 0.717) is 19.5 Å². The summed E-state index contributed by atoms with van der Waals surface area (Å²) in [6.07, 6.45) is 1.30. The fraction of sp³-hybridized carbons (Fsp3) is 0.318. The number of amides is 1. The number of rotatable bonds is 5. The van der Waals surface area contributed by atoms with Crippen molar-refractivity contribution in [3.05, 3.63) is 59.4 Å². The molecule has 2 aromatic carbocycles. The monoisotopic (exact) mass is 375 g/mol. The van der Waals surface area contributed by atoms with Crippen LogP contribution in [-0.2, 0) is 17.9 Å². The number of nitrogens with one attached hydrogen (secondary N) is 1. The molecule has 1 amide bonds. The Kier molecular flexibility index (Phi) is 3.93. The van der Waals surface area contributed by atoms with Gasteiger partial charge in [0.25, 0.3) is 0 Å². The molecule has 28 heavy (non-hydrogen) atoms. The van der Waals surface area contributed by atoms with Crippen LogP contribution in [0.15, 0.2) is 42.5 Å². The van der Waals surface area contributed by atoms with Crippen molar-refractivity contribution < 1.29 is 14.3 Å². The SMILES string of the molecule is COc1ccc(CNC(=O)C2CC2c2nc3cccc4c3n2CCC4=O)cc1. The highest BCUT2D eigenvalue weighted by Crippen LogP contribution is 2.48. The van der Waals surface area contributed by atoms with Crippen LogP contribution in [0.3, 0.4) is 0 Å². The molecule has 0 radical (unpaired) electrons. The van der Waals surface area contributed by atoms with Crippen molar-refractivity contribution in [3.63, 3.8) is 0 Å². The number of carbonyl (C=O) groups is 2. The molecule has 1 aromatic heterocycles. The van der Waals surface area contributed by atoms with Crippen LogP contribution in [0, 0.1) is 5.92 Å². The minimum Gasteiger partial charge on any atom is -0.497 e. The lowest BCUT2D eigenvalue weighted by molar-refractivity contribution is -0.122. The largest absolute Gasteiger partial charge is 0.497 e. The molecule has 3 aromatic rings. The number of hydrogen-bond donors (Lipinski definition) is 1. The average Bonchev–Trinajstić information content (AvgIpc) is 3.44. The van der Waals surface area contributed by atoms with Gasteiger partial charge in [0.15, 0.2) is 5.78 Å². The molecule has 142 valence electrons. The first-order valence-corrected chi connectivity index (χ1v) is 9.58. The number of para-hydroxylation sites is 1. The van der Waals surface area contributed by atoms with E-state index in [4.69, 9.17) is 9.72 Å². The van der Waals surface area contributed by atoms with Crippen LogP contribution in [-0.4, -0.2) is 28.4 Å². The number of aromatic nitrogens is 2. The third kappa shape index (κ3) is 2.76. The van der Waals surface area contributed by atoms with E-state index in [1.807, 2.05) is 42.5 Å². The first-order valence-electron chi connectivity index (χ1n) is 9.58. The highest BCUT2D eigenvalue weighted by molar-refractivity contribution is 6.07. The molecule has 1 aliphatic heterocycles. The van der Waals surface area contributed by atoms with Crippen LogP contribution in [0.25, 0.3) is 11.0 Å². The molecule has 2 atom stereocenters. The van der Waals surface area contributed by atoms with Crippen molar-refractivity contribution in [2.45, 2.75) is 31.8 Å². The standard InChI is InChI=1S/C22H21N3O3/c1-28-14-7-5-13(6-8-14)12-23-22(27)17-11-16(17)21-24-18-4-2-3-15-19(26)9-10-25(21)20(15)18/h2-8,16-17H,9-12H2,1H3,(H,23,27). The number of carbonyl (C=O) groups excluding carboxylic acids is 2. The molecule has 2 unspecified atom stereocenters. The maximum atomic E-state index is 12.6. The molecule has 1 aliphatic carbocycles. The predicted octanol–water partition coefficient (Wildman–Crippen LogP) is 3.05. The number of hydrogen-bond acceptors (Lipinski definition) is 4. The second-order valence-corrected chi connectivity index (χ2v) is 7.48. The van der Waals surface area contributed by atoms with Gasteiger partial charge in [-0.05, 0) is 36.2 Å². The lowest BCUT2D eigenvalue weighted by Crippen LogP contribution is -2.25. The van der Waals surface area contributed by atoms with Crippen molar-refractivity contribution in [2.24, 2.45) is 5.92 Å². The number of ether oxygens (including phenoxy) is 1. The molecular formula is C22H21N3O3. The van der Waals surface area contributed by atoms with Crippen molar-refractivity contribution in [3.8, 4) is 5.75 Å². The summed E-state index contributed by atoms with van der Waals surface area (Å²) >= 11 is 0. The third-order valence-corrected chi connectivity index (χ3v) is 5.74. The Balaban J connectivity index is 1.31. The lowest BCUT2D eigenvalue weighted by Gasteiger charge is -2.15. The Morgan fingerprint density at radius 3 is 2.86 bits per heavy atom. The van der Waals surface area contributed by atoms with Crippen LogP contribution in [0.4, 0.5) is 0 Å². The number of benzene rings is 2. The van der Waals surface area contributed by atoms with E-state index in [9.17, 15) is 9.59 Å². The van der Waals surface area contributed by atoms with Crippen molar-refractivity contribution in [1.29, 1.82) is 0 Å². The quantitative estimate of drug-likeness (QED) is 0.744. The van der Waals surface area contributed by atoms with Gasteiger partial charge in [-0.3, -0.25) is 9.59 Å². The van der Waals surface area contributed by atoms with Crippen molar-refractivity contribution >= 4 is 22.7 Å². The van der Waals surface area contributed by atoms with Gasteiger partial charge in [0, 0.05) is 36.9 Å². The number of ketones is 1. The van der Waals surface area contributed by atoms with Crippen LogP contribution in [0.1, 0.15) is 40.5 Å². The van der Waals surface area contributed by atoms with Crippen LogP contribution in [0.5, 0.6) is 5.75 Å². The summed E-state index contributed by atoms with van der Waals surface area (Å²) in [6, 6.07) is 13.4. The first kappa shape index (κ1) is 17.0. The molecule has 1 N–H and O–H groups in total. The van der Waals surface area contributed by atoms with E-state index in [2.05, 4.69) is 9.88 Å². The zero-order valence-electron chi connectivity index (χ0n) is 15.6. The molecule has 1 saturated carbocycles. The normalized spacial score (nSPS) is 20.2. The Bertz CT molecular complexity index is 1080. The highest BCUT2D eigenvalue weighted by atomic mass is 16.5. The van der Waals surface area contributed by atoms with Gasteiger partial charge < -0.3 is 14.6 Å². The summed E-state index contributed by atoms with van der Waals surface area (Å²) in [5.41, 5.74) is 3.57. The first-order chi connectivity index (χ1) is 13.7. The van der Waals surface area contributed by atoms with Gasteiger partial charge in [0.1, 0.15) is 11.6 Å². The fourth-order valence-corrected chi connectivity index (χ4v) is 4.12. The summed E-state index contributed by atoms with van der Waals surface area (Å²) in [5, 5.41) is 3.03. The second kappa shape index (κ2) is 6.48. The van der Waals surface area contributed by atoms with Gasteiger partial charge >= 0.3 is 0 Å². The van der Waals surface area contributed by atoms with E-state index in [0.717, 1.165) is 40.2 Å². The van der Waals surface area contributed by atoms with Crippen LogP contribution in [0.2, 0.25) is 0 Å². The summed E-state index contributed by atoms with van der Waals surface area (Å²) in [5.74, 6) is 2.06. The topological polar surface area (TPSA) is 73.2 Å². The molecule has 6 nitrogen and oxygen atoms in total. The maximum absolute atomic E-state index is 12.6. The number of imidazole rings is 1. The smallest absolute Gasteiger partial charge is 0.224 e.